The fraction of sp³-hybridized carbons (Fsp3) is 0.158. The minimum atomic E-state index is -0.408. The molecule has 5 nitrogen and oxygen atoms in total. The van der Waals surface area contributed by atoms with E-state index in [0.717, 1.165) is 5.75 Å². The number of amides is 1. The van der Waals surface area contributed by atoms with Gasteiger partial charge in [0.05, 0.1) is 12.2 Å². The van der Waals surface area contributed by atoms with Gasteiger partial charge in [-0.2, -0.15) is 0 Å². The highest BCUT2D eigenvalue weighted by atomic mass is 19.1. The van der Waals surface area contributed by atoms with Gasteiger partial charge in [-0.15, -0.1) is 0 Å². The van der Waals surface area contributed by atoms with Crippen LogP contribution in [0.1, 0.15) is 16.1 Å². The van der Waals surface area contributed by atoms with Gasteiger partial charge in [-0.1, -0.05) is 35.5 Å². The maximum atomic E-state index is 13.4. The molecule has 0 saturated heterocycles. The molecule has 128 valence electrons. The van der Waals surface area contributed by atoms with Crippen LogP contribution in [0, 0.1) is 12.7 Å². The second kappa shape index (κ2) is 7.61. The van der Waals surface area contributed by atoms with E-state index in [9.17, 15) is 9.18 Å². The van der Waals surface area contributed by atoms with Gasteiger partial charge in [0.15, 0.2) is 5.76 Å². The van der Waals surface area contributed by atoms with Crippen molar-refractivity contribution < 1.29 is 18.4 Å². The van der Waals surface area contributed by atoms with Crippen LogP contribution in [0.4, 0.5) is 4.39 Å². The lowest BCUT2D eigenvalue weighted by Crippen LogP contribution is -2.28. The van der Waals surface area contributed by atoms with E-state index in [1.807, 2.05) is 30.3 Å². The van der Waals surface area contributed by atoms with E-state index in [0.29, 0.717) is 30.0 Å². The van der Waals surface area contributed by atoms with E-state index in [-0.39, 0.29) is 11.7 Å². The van der Waals surface area contributed by atoms with E-state index < -0.39 is 5.82 Å². The van der Waals surface area contributed by atoms with E-state index in [4.69, 9.17) is 9.26 Å². The second-order valence-corrected chi connectivity index (χ2v) is 5.40. The Kier molecular flexibility index (Phi) is 5.09. The molecule has 25 heavy (non-hydrogen) atoms. The summed E-state index contributed by atoms with van der Waals surface area (Å²) in [5.41, 5.74) is 1.21. The summed E-state index contributed by atoms with van der Waals surface area (Å²) in [7, 11) is 0. The van der Waals surface area contributed by atoms with Gasteiger partial charge in [0.25, 0.3) is 5.91 Å². The molecule has 1 amide bonds. The standard InChI is InChI=1S/C19H17FN2O3/c1-13-17(18(25-22-13)14-6-5-7-15(20)12-14)19(23)21-10-11-24-16-8-3-2-4-9-16/h2-9,12H,10-11H2,1H3,(H,21,23). The molecular formula is C19H17FN2O3. The molecule has 3 rings (SSSR count). The Bertz CT molecular complexity index is 862. The molecule has 3 aromatic rings. The van der Waals surface area contributed by atoms with Crippen LogP contribution < -0.4 is 10.1 Å². The Labute approximate surface area is 144 Å². The third-order valence-electron chi connectivity index (χ3n) is 3.58. The average molecular weight is 340 g/mol. The monoisotopic (exact) mass is 340 g/mol. The van der Waals surface area contributed by atoms with Crippen molar-refractivity contribution in [2.24, 2.45) is 0 Å². The molecule has 0 bridgehead atoms. The van der Waals surface area contributed by atoms with E-state index in [1.165, 1.54) is 12.1 Å². The SMILES string of the molecule is Cc1noc(-c2cccc(F)c2)c1C(=O)NCCOc1ccccc1. The van der Waals surface area contributed by atoms with Crippen LogP contribution in [-0.2, 0) is 0 Å². The number of rotatable bonds is 6. The van der Waals surface area contributed by atoms with Crippen molar-refractivity contribution in [3.05, 3.63) is 71.7 Å². The number of aromatic nitrogens is 1. The van der Waals surface area contributed by atoms with Gasteiger partial charge < -0.3 is 14.6 Å². The van der Waals surface area contributed by atoms with Crippen molar-refractivity contribution >= 4 is 5.91 Å². The van der Waals surface area contributed by atoms with E-state index >= 15 is 0 Å². The lowest BCUT2D eigenvalue weighted by atomic mass is 10.1. The van der Waals surface area contributed by atoms with E-state index in [1.54, 1.807) is 19.1 Å². The van der Waals surface area contributed by atoms with Crippen molar-refractivity contribution in [3.8, 4) is 17.1 Å². The van der Waals surface area contributed by atoms with Crippen molar-refractivity contribution in [2.45, 2.75) is 6.92 Å². The summed E-state index contributed by atoms with van der Waals surface area (Å²) in [6.07, 6.45) is 0. The molecule has 1 heterocycles. The highest BCUT2D eigenvalue weighted by Crippen LogP contribution is 2.26. The Balaban J connectivity index is 1.65. The van der Waals surface area contributed by atoms with Gasteiger partial charge in [-0.25, -0.2) is 4.39 Å². The highest BCUT2D eigenvalue weighted by molar-refractivity contribution is 6.00. The number of benzene rings is 2. The summed E-state index contributed by atoms with van der Waals surface area (Å²) >= 11 is 0. The van der Waals surface area contributed by atoms with Crippen LogP contribution in [0.3, 0.4) is 0 Å². The normalized spacial score (nSPS) is 10.5. The maximum Gasteiger partial charge on any atom is 0.257 e. The molecule has 1 aromatic heterocycles. The van der Waals surface area contributed by atoms with Crippen molar-refractivity contribution in [1.29, 1.82) is 0 Å². The quantitative estimate of drug-likeness (QED) is 0.697. The van der Waals surface area contributed by atoms with Crippen LogP contribution >= 0.6 is 0 Å². The third-order valence-corrected chi connectivity index (χ3v) is 3.58. The number of para-hydroxylation sites is 1. The highest BCUT2D eigenvalue weighted by Gasteiger charge is 2.21. The van der Waals surface area contributed by atoms with Crippen molar-refractivity contribution in [3.63, 3.8) is 0 Å². The number of hydrogen-bond acceptors (Lipinski definition) is 4. The van der Waals surface area contributed by atoms with Gasteiger partial charge in [0, 0.05) is 5.56 Å². The van der Waals surface area contributed by atoms with Crippen molar-refractivity contribution in [2.75, 3.05) is 13.2 Å². The number of aryl methyl sites for hydroxylation is 1. The van der Waals surface area contributed by atoms with Crippen LogP contribution in [0.25, 0.3) is 11.3 Å². The molecule has 0 spiro atoms. The summed E-state index contributed by atoms with van der Waals surface area (Å²) in [5, 5.41) is 6.59. The molecule has 0 saturated carbocycles. The summed E-state index contributed by atoms with van der Waals surface area (Å²) < 4.78 is 24.2. The van der Waals surface area contributed by atoms with Crippen LogP contribution in [0.15, 0.2) is 59.1 Å². The number of carbonyl (C=O) groups excluding carboxylic acids is 1. The molecule has 2 aromatic carbocycles. The molecule has 6 heteroatoms. The maximum absolute atomic E-state index is 13.4. The molecule has 0 aliphatic heterocycles. The smallest absolute Gasteiger partial charge is 0.257 e. The molecule has 1 N–H and O–H groups in total. The zero-order valence-corrected chi connectivity index (χ0v) is 13.7. The molecule has 0 aliphatic rings. The Morgan fingerprint density at radius 3 is 2.76 bits per heavy atom. The second-order valence-electron chi connectivity index (χ2n) is 5.40. The third kappa shape index (κ3) is 4.03. The lowest BCUT2D eigenvalue weighted by Gasteiger charge is -2.08. The Morgan fingerprint density at radius 2 is 2.00 bits per heavy atom. The van der Waals surface area contributed by atoms with Gasteiger partial charge in [0.1, 0.15) is 23.7 Å². The first-order chi connectivity index (χ1) is 12.1. The number of carbonyl (C=O) groups is 1. The molecule has 0 unspecified atom stereocenters. The molecular weight excluding hydrogens is 323 g/mol. The fourth-order valence-corrected chi connectivity index (χ4v) is 2.40. The first kappa shape index (κ1) is 16.7. The molecule has 0 radical (unpaired) electrons. The zero-order chi connectivity index (χ0) is 17.6. The first-order valence-electron chi connectivity index (χ1n) is 7.83. The summed E-state index contributed by atoms with van der Waals surface area (Å²) in [6.45, 7) is 2.32. The van der Waals surface area contributed by atoms with Gasteiger partial charge in [-0.3, -0.25) is 4.79 Å². The number of nitrogens with one attached hydrogen (secondary N) is 1. The Hall–Kier alpha value is -3.15. The van der Waals surface area contributed by atoms with Gasteiger partial charge in [-0.05, 0) is 31.2 Å². The predicted octanol–water partition coefficient (Wildman–Crippen LogP) is 3.60. The minimum Gasteiger partial charge on any atom is -0.492 e. The number of hydrogen-bond donors (Lipinski definition) is 1. The number of halogens is 1. The Morgan fingerprint density at radius 1 is 1.20 bits per heavy atom. The van der Waals surface area contributed by atoms with Crippen LogP contribution in [0.5, 0.6) is 5.75 Å². The van der Waals surface area contributed by atoms with Crippen LogP contribution in [-0.4, -0.2) is 24.2 Å². The average Bonchev–Trinajstić information content (AvgIpc) is 3.01. The van der Waals surface area contributed by atoms with Crippen LogP contribution in [0.2, 0.25) is 0 Å². The molecule has 0 fully saturated rings. The summed E-state index contributed by atoms with van der Waals surface area (Å²) in [4.78, 5) is 12.5. The lowest BCUT2D eigenvalue weighted by molar-refractivity contribution is 0.0946. The fourth-order valence-electron chi connectivity index (χ4n) is 2.40. The van der Waals surface area contributed by atoms with E-state index in [2.05, 4.69) is 10.5 Å². The molecule has 0 aliphatic carbocycles. The topological polar surface area (TPSA) is 64.4 Å². The minimum absolute atomic E-state index is 0.249. The summed E-state index contributed by atoms with van der Waals surface area (Å²) in [6, 6.07) is 15.2. The first-order valence-corrected chi connectivity index (χ1v) is 7.83. The summed E-state index contributed by atoms with van der Waals surface area (Å²) in [5.74, 6) is 0.237. The largest absolute Gasteiger partial charge is 0.492 e. The predicted molar refractivity (Wildman–Crippen MR) is 90.9 cm³/mol. The zero-order valence-electron chi connectivity index (χ0n) is 13.7. The van der Waals surface area contributed by atoms with Gasteiger partial charge in [0.2, 0.25) is 0 Å². The number of nitrogens with zero attached hydrogens (tertiary/aromatic N) is 1. The van der Waals surface area contributed by atoms with Gasteiger partial charge >= 0.3 is 0 Å². The number of ether oxygens (including phenoxy) is 1. The van der Waals surface area contributed by atoms with Crippen molar-refractivity contribution in [1.82, 2.24) is 10.5 Å². The molecule has 0 atom stereocenters.